The largest absolute Gasteiger partial charge is 0.478 e. The summed E-state index contributed by atoms with van der Waals surface area (Å²) in [5, 5.41) is 8.80. The van der Waals surface area contributed by atoms with Crippen molar-refractivity contribution < 1.29 is 14.7 Å². The Morgan fingerprint density at radius 3 is 2.87 bits per heavy atom. The summed E-state index contributed by atoms with van der Waals surface area (Å²) in [4.78, 5) is 25.4. The fourth-order valence-electron chi connectivity index (χ4n) is 1.48. The van der Waals surface area contributed by atoms with Crippen LogP contribution in [-0.2, 0) is 0 Å². The maximum absolute atomic E-state index is 10.7. The third kappa shape index (κ3) is 1.38. The molecule has 76 valence electrons. The number of imidazole rings is 1. The van der Waals surface area contributed by atoms with E-state index in [-0.39, 0.29) is 5.56 Å². The molecular formula is C10H8N2O3. The average molecular weight is 204 g/mol. The summed E-state index contributed by atoms with van der Waals surface area (Å²) in [5.74, 6) is -0.409. The van der Waals surface area contributed by atoms with Crippen molar-refractivity contribution >= 4 is 17.8 Å². The van der Waals surface area contributed by atoms with E-state index in [1.54, 1.807) is 17.4 Å². The summed E-state index contributed by atoms with van der Waals surface area (Å²) in [5.41, 5.74) is 1.11. The van der Waals surface area contributed by atoms with E-state index in [0.29, 0.717) is 23.3 Å². The monoisotopic (exact) mass is 204 g/mol. The molecule has 0 aliphatic heterocycles. The number of aryl methyl sites for hydroxylation is 1. The molecule has 5 heteroatoms. The van der Waals surface area contributed by atoms with Gasteiger partial charge in [-0.25, -0.2) is 9.78 Å². The third-order valence-electron chi connectivity index (χ3n) is 2.20. The van der Waals surface area contributed by atoms with Crippen molar-refractivity contribution in [3.63, 3.8) is 0 Å². The molecule has 2 aromatic rings. The summed E-state index contributed by atoms with van der Waals surface area (Å²) in [6, 6.07) is 3.03. The zero-order chi connectivity index (χ0) is 11.0. The van der Waals surface area contributed by atoms with E-state index in [1.807, 2.05) is 0 Å². The highest BCUT2D eigenvalue weighted by Gasteiger charge is 2.09. The fourth-order valence-corrected chi connectivity index (χ4v) is 1.48. The fraction of sp³-hybridized carbons (Fsp3) is 0.100. The van der Waals surface area contributed by atoms with Crippen LogP contribution in [0.1, 0.15) is 26.7 Å². The van der Waals surface area contributed by atoms with Gasteiger partial charge in [0.15, 0.2) is 6.29 Å². The van der Waals surface area contributed by atoms with Crippen LogP contribution in [0.5, 0.6) is 0 Å². The smallest absolute Gasteiger partial charge is 0.337 e. The first-order chi connectivity index (χ1) is 7.13. The van der Waals surface area contributed by atoms with Crippen molar-refractivity contribution in [3.8, 4) is 0 Å². The molecule has 0 atom stereocenters. The van der Waals surface area contributed by atoms with Gasteiger partial charge in [0, 0.05) is 6.20 Å². The Morgan fingerprint density at radius 1 is 1.53 bits per heavy atom. The molecule has 2 aromatic heterocycles. The lowest BCUT2D eigenvalue weighted by atomic mass is 10.2. The van der Waals surface area contributed by atoms with Gasteiger partial charge in [0.1, 0.15) is 11.5 Å². The van der Waals surface area contributed by atoms with Crippen molar-refractivity contribution in [2.75, 3.05) is 0 Å². The second-order valence-electron chi connectivity index (χ2n) is 3.14. The summed E-state index contributed by atoms with van der Waals surface area (Å²) < 4.78 is 1.59. The Morgan fingerprint density at radius 2 is 2.27 bits per heavy atom. The molecule has 1 N–H and O–H groups in total. The minimum Gasteiger partial charge on any atom is -0.478 e. The van der Waals surface area contributed by atoms with Crippen LogP contribution in [0.3, 0.4) is 0 Å². The molecule has 0 unspecified atom stereocenters. The molecule has 2 rings (SSSR count). The van der Waals surface area contributed by atoms with E-state index in [0.717, 1.165) is 0 Å². The number of fused-ring (bicyclic) bond motifs is 1. The van der Waals surface area contributed by atoms with Crippen LogP contribution in [-0.4, -0.2) is 26.7 Å². The lowest BCUT2D eigenvalue weighted by Gasteiger charge is -1.98. The summed E-state index contributed by atoms with van der Waals surface area (Å²) in [7, 11) is 0. The van der Waals surface area contributed by atoms with Gasteiger partial charge in [0.05, 0.1) is 11.1 Å². The van der Waals surface area contributed by atoms with Gasteiger partial charge in [-0.2, -0.15) is 0 Å². The molecule has 0 radical (unpaired) electrons. The van der Waals surface area contributed by atoms with Gasteiger partial charge in [-0.05, 0) is 19.1 Å². The molecule has 0 aliphatic carbocycles. The first kappa shape index (κ1) is 9.39. The van der Waals surface area contributed by atoms with Gasteiger partial charge in [0.2, 0.25) is 0 Å². The molecule has 0 aliphatic rings. The van der Waals surface area contributed by atoms with Crippen LogP contribution in [0.25, 0.3) is 5.52 Å². The van der Waals surface area contributed by atoms with Gasteiger partial charge in [0.25, 0.3) is 0 Å². The average Bonchev–Trinajstić information content (AvgIpc) is 2.55. The third-order valence-corrected chi connectivity index (χ3v) is 2.20. The molecule has 0 fully saturated rings. The number of hydrogen-bond donors (Lipinski definition) is 1. The van der Waals surface area contributed by atoms with E-state index >= 15 is 0 Å². The van der Waals surface area contributed by atoms with Crippen molar-refractivity contribution in [1.29, 1.82) is 0 Å². The van der Waals surface area contributed by atoms with Crippen molar-refractivity contribution in [2.24, 2.45) is 0 Å². The summed E-state index contributed by atoms with van der Waals surface area (Å²) in [6.07, 6.45) is 2.11. The van der Waals surface area contributed by atoms with Crippen LogP contribution >= 0.6 is 0 Å². The van der Waals surface area contributed by atoms with Crippen LogP contribution in [0.4, 0.5) is 0 Å². The molecule has 2 heterocycles. The predicted octanol–water partition coefficient (Wildman–Crippen LogP) is 1.15. The maximum Gasteiger partial charge on any atom is 0.337 e. The SMILES string of the molecule is Cc1nc(C=O)c2ccc(C(=O)O)cn12. The Bertz CT molecular complexity index is 557. The number of nitrogens with zero attached hydrogens (tertiary/aromatic N) is 2. The van der Waals surface area contributed by atoms with Gasteiger partial charge in [-0.1, -0.05) is 0 Å². The molecule has 0 amide bonds. The Labute approximate surface area is 85.0 Å². The van der Waals surface area contributed by atoms with Crippen molar-refractivity contribution in [1.82, 2.24) is 9.38 Å². The molecule has 0 saturated heterocycles. The summed E-state index contributed by atoms with van der Waals surface area (Å²) >= 11 is 0. The Kier molecular flexibility index (Phi) is 2.00. The number of aromatic nitrogens is 2. The number of hydrogen-bond acceptors (Lipinski definition) is 3. The Balaban J connectivity index is 2.77. The second-order valence-corrected chi connectivity index (χ2v) is 3.14. The normalized spacial score (nSPS) is 10.5. The minimum absolute atomic E-state index is 0.167. The van der Waals surface area contributed by atoms with Gasteiger partial charge in [-0.3, -0.25) is 4.79 Å². The maximum atomic E-state index is 10.7. The van der Waals surface area contributed by atoms with E-state index in [1.165, 1.54) is 12.3 Å². The second kappa shape index (κ2) is 3.20. The van der Waals surface area contributed by atoms with E-state index < -0.39 is 5.97 Å². The quantitative estimate of drug-likeness (QED) is 0.745. The number of carboxylic acid groups (broad SMARTS) is 1. The highest BCUT2D eigenvalue weighted by atomic mass is 16.4. The number of carbonyl (C=O) groups is 2. The highest BCUT2D eigenvalue weighted by Crippen LogP contribution is 2.12. The zero-order valence-electron chi connectivity index (χ0n) is 7.97. The molecule has 5 nitrogen and oxygen atoms in total. The van der Waals surface area contributed by atoms with Crippen molar-refractivity contribution in [3.05, 3.63) is 35.4 Å². The summed E-state index contributed by atoms with van der Waals surface area (Å²) in [6.45, 7) is 1.71. The lowest BCUT2D eigenvalue weighted by Crippen LogP contribution is -1.99. The minimum atomic E-state index is -1.00. The highest BCUT2D eigenvalue weighted by molar-refractivity contribution is 5.89. The topological polar surface area (TPSA) is 71.7 Å². The molecule has 0 saturated carbocycles. The van der Waals surface area contributed by atoms with Gasteiger partial charge < -0.3 is 9.51 Å². The van der Waals surface area contributed by atoms with Crippen LogP contribution < -0.4 is 0 Å². The van der Waals surface area contributed by atoms with Gasteiger partial charge in [-0.15, -0.1) is 0 Å². The van der Waals surface area contributed by atoms with Crippen LogP contribution in [0.15, 0.2) is 18.3 Å². The number of aromatic carboxylic acids is 1. The molecule has 0 bridgehead atoms. The number of carbonyl (C=O) groups excluding carboxylic acids is 1. The van der Waals surface area contributed by atoms with Crippen molar-refractivity contribution in [2.45, 2.75) is 6.92 Å². The van der Waals surface area contributed by atoms with E-state index in [2.05, 4.69) is 4.98 Å². The van der Waals surface area contributed by atoms with E-state index in [9.17, 15) is 9.59 Å². The lowest BCUT2D eigenvalue weighted by molar-refractivity contribution is 0.0696. The van der Waals surface area contributed by atoms with Crippen LogP contribution in [0, 0.1) is 6.92 Å². The molecule has 0 spiro atoms. The Hall–Kier alpha value is -2.17. The molecular weight excluding hydrogens is 196 g/mol. The number of pyridine rings is 1. The zero-order valence-corrected chi connectivity index (χ0v) is 7.97. The number of aldehydes is 1. The first-order valence-electron chi connectivity index (χ1n) is 4.30. The first-order valence-corrected chi connectivity index (χ1v) is 4.30. The van der Waals surface area contributed by atoms with Gasteiger partial charge >= 0.3 is 5.97 Å². The van der Waals surface area contributed by atoms with E-state index in [4.69, 9.17) is 5.11 Å². The number of rotatable bonds is 2. The molecule has 15 heavy (non-hydrogen) atoms. The number of carboxylic acids is 1. The standard InChI is InChI=1S/C10H8N2O3/c1-6-11-8(5-13)9-3-2-7(10(14)15)4-12(6)9/h2-5H,1H3,(H,14,15). The molecule has 0 aromatic carbocycles. The van der Waals surface area contributed by atoms with Crippen LogP contribution in [0.2, 0.25) is 0 Å². The predicted molar refractivity (Wildman–Crippen MR) is 52.3 cm³/mol.